The van der Waals surface area contributed by atoms with Crippen molar-refractivity contribution in [1.82, 2.24) is 9.78 Å². The summed E-state index contributed by atoms with van der Waals surface area (Å²) in [4.78, 5) is 13.4. The van der Waals surface area contributed by atoms with E-state index in [9.17, 15) is 4.79 Å². The van der Waals surface area contributed by atoms with Gasteiger partial charge in [0.15, 0.2) is 5.78 Å². The van der Waals surface area contributed by atoms with Gasteiger partial charge in [0.2, 0.25) is 0 Å². The number of ketones is 1. The van der Waals surface area contributed by atoms with E-state index < -0.39 is 0 Å². The number of nitrogens with zero attached hydrogens (tertiary/aromatic N) is 2. The third-order valence-electron chi connectivity index (χ3n) is 4.17. The van der Waals surface area contributed by atoms with Gasteiger partial charge in [0.05, 0.1) is 10.6 Å². The van der Waals surface area contributed by atoms with Crippen molar-refractivity contribution in [2.45, 2.75) is 12.8 Å². The number of carbonyl (C=O) groups is 1. The Hall–Kier alpha value is -2.24. The predicted molar refractivity (Wildman–Crippen MR) is 98.2 cm³/mol. The molecule has 0 bridgehead atoms. The van der Waals surface area contributed by atoms with Crippen molar-refractivity contribution in [2.75, 3.05) is 6.54 Å². The maximum absolute atomic E-state index is 12.6. The van der Waals surface area contributed by atoms with Crippen molar-refractivity contribution in [3.63, 3.8) is 0 Å². The third kappa shape index (κ3) is 3.80. The molecule has 1 aromatic carbocycles. The van der Waals surface area contributed by atoms with Gasteiger partial charge >= 0.3 is 0 Å². The second-order valence-electron chi connectivity index (χ2n) is 5.96. The number of carbonyl (C=O) groups excluding carboxylic acids is 1. The van der Waals surface area contributed by atoms with Gasteiger partial charge in [-0.25, -0.2) is 0 Å². The SMILES string of the molecule is Cn1nccc1-c1csc(C(=O)CC(CN)Cc2ccccc2)c1. The summed E-state index contributed by atoms with van der Waals surface area (Å²) in [6.07, 6.45) is 3.08. The zero-order chi connectivity index (χ0) is 16.9. The number of thiophene rings is 1. The molecule has 24 heavy (non-hydrogen) atoms. The number of Topliss-reactive ketones (excluding diaryl/α,β-unsaturated/α-hetero) is 1. The molecule has 0 spiro atoms. The maximum atomic E-state index is 12.6. The van der Waals surface area contributed by atoms with E-state index in [1.54, 1.807) is 6.20 Å². The Morgan fingerprint density at radius 3 is 2.75 bits per heavy atom. The number of nitrogens with two attached hydrogens (primary N) is 1. The Bertz CT molecular complexity index is 807. The first-order valence-electron chi connectivity index (χ1n) is 8.01. The van der Waals surface area contributed by atoms with Crippen molar-refractivity contribution in [3.05, 3.63) is 64.5 Å². The van der Waals surface area contributed by atoms with E-state index in [2.05, 4.69) is 17.2 Å². The Morgan fingerprint density at radius 1 is 1.29 bits per heavy atom. The van der Waals surface area contributed by atoms with Gasteiger partial charge in [-0.2, -0.15) is 5.10 Å². The van der Waals surface area contributed by atoms with Gasteiger partial charge in [0, 0.05) is 30.6 Å². The number of hydrogen-bond acceptors (Lipinski definition) is 4. The molecule has 3 aromatic rings. The zero-order valence-corrected chi connectivity index (χ0v) is 14.5. The second kappa shape index (κ2) is 7.55. The highest BCUT2D eigenvalue weighted by Gasteiger charge is 2.17. The van der Waals surface area contributed by atoms with E-state index in [0.717, 1.165) is 22.6 Å². The van der Waals surface area contributed by atoms with Crippen LogP contribution >= 0.6 is 11.3 Å². The fourth-order valence-corrected chi connectivity index (χ4v) is 3.68. The first kappa shape index (κ1) is 16.6. The normalized spacial score (nSPS) is 12.2. The highest BCUT2D eigenvalue weighted by atomic mass is 32.1. The van der Waals surface area contributed by atoms with Crippen molar-refractivity contribution >= 4 is 17.1 Å². The third-order valence-corrected chi connectivity index (χ3v) is 5.14. The molecule has 0 aliphatic heterocycles. The van der Waals surface area contributed by atoms with E-state index in [1.165, 1.54) is 16.9 Å². The Balaban J connectivity index is 1.68. The van der Waals surface area contributed by atoms with Crippen molar-refractivity contribution < 1.29 is 4.79 Å². The number of aryl methyl sites for hydroxylation is 1. The minimum absolute atomic E-state index is 0.166. The van der Waals surface area contributed by atoms with Crippen LogP contribution in [-0.2, 0) is 13.5 Å². The second-order valence-corrected chi connectivity index (χ2v) is 6.87. The van der Waals surface area contributed by atoms with Crippen LogP contribution in [0.4, 0.5) is 0 Å². The minimum Gasteiger partial charge on any atom is -0.330 e. The van der Waals surface area contributed by atoms with Crippen LogP contribution in [0.5, 0.6) is 0 Å². The molecule has 1 atom stereocenters. The summed E-state index contributed by atoms with van der Waals surface area (Å²) >= 11 is 1.49. The molecule has 4 nitrogen and oxygen atoms in total. The van der Waals surface area contributed by atoms with Crippen LogP contribution < -0.4 is 5.73 Å². The van der Waals surface area contributed by atoms with Crippen LogP contribution in [0.3, 0.4) is 0 Å². The molecule has 3 rings (SSSR count). The summed E-state index contributed by atoms with van der Waals surface area (Å²) in [7, 11) is 1.90. The van der Waals surface area contributed by atoms with Crippen LogP contribution in [0, 0.1) is 5.92 Å². The molecule has 2 N–H and O–H groups in total. The van der Waals surface area contributed by atoms with Crippen LogP contribution in [0.2, 0.25) is 0 Å². The maximum Gasteiger partial charge on any atom is 0.173 e. The average molecular weight is 339 g/mol. The highest BCUT2D eigenvalue weighted by molar-refractivity contribution is 7.12. The molecule has 0 fully saturated rings. The molecule has 0 saturated heterocycles. The Morgan fingerprint density at radius 2 is 2.08 bits per heavy atom. The summed E-state index contributed by atoms with van der Waals surface area (Å²) in [5, 5.41) is 6.19. The summed E-state index contributed by atoms with van der Waals surface area (Å²) in [6.45, 7) is 0.514. The van der Waals surface area contributed by atoms with Crippen LogP contribution in [0.1, 0.15) is 21.7 Å². The molecule has 5 heteroatoms. The summed E-state index contributed by atoms with van der Waals surface area (Å²) in [5.74, 6) is 0.335. The fourth-order valence-electron chi connectivity index (χ4n) is 2.82. The van der Waals surface area contributed by atoms with Gasteiger partial charge in [-0.15, -0.1) is 11.3 Å². The topological polar surface area (TPSA) is 60.9 Å². The largest absolute Gasteiger partial charge is 0.330 e. The van der Waals surface area contributed by atoms with E-state index in [4.69, 9.17) is 5.73 Å². The monoisotopic (exact) mass is 339 g/mol. The van der Waals surface area contributed by atoms with Gasteiger partial charge in [0.25, 0.3) is 0 Å². The number of hydrogen-bond donors (Lipinski definition) is 1. The molecule has 0 amide bonds. The molecule has 1 unspecified atom stereocenters. The molecular formula is C19H21N3OS. The van der Waals surface area contributed by atoms with Crippen molar-refractivity contribution in [2.24, 2.45) is 18.7 Å². The first-order valence-corrected chi connectivity index (χ1v) is 8.89. The summed E-state index contributed by atoms with van der Waals surface area (Å²) in [6, 6.07) is 14.1. The van der Waals surface area contributed by atoms with Gasteiger partial charge in [0.1, 0.15) is 0 Å². The zero-order valence-electron chi connectivity index (χ0n) is 13.7. The first-order chi connectivity index (χ1) is 11.7. The fraction of sp³-hybridized carbons (Fsp3) is 0.263. The van der Waals surface area contributed by atoms with E-state index in [1.807, 2.05) is 47.4 Å². The quantitative estimate of drug-likeness (QED) is 0.670. The lowest BCUT2D eigenvalue weighted by Gasteiger charge is -2.13. The van der Waals surface area contributed by atoms with Gasteiger partial charge in [-0.3, -0.25) is 9.48 Å². The molecule has 2 aromatic heterocycles. The number of benzene rings is 1. The smallest absolute Gasteiger partial charge is 0.173 e. The van der Waals surface area contributed by atoms with Crippen LogP contribution in [0.25, 0.3) is 11.3 Å². The summed E-state index contributed by atoms with van der Waals surface area (Å²) < 4.78 is 1.81. The number of rotatable bonds is 7. The van der Waals surface area contributed by atoms with E-state index in [-0.39, 0.29) is 11.7 Å². The van der Waals surface area contributed by atoms with Gasteiger partial charge < -0.3 is 5.73 Å². The van der Waals surface area contributed by atoms with Crippen LogP contribution in [0.15, 0.2) is 54.0 Å². The minimum atomic E-state index is 0.166. The average Bonchev–Trinajstić information content (AvgIpc) is 3.23. The number of aromatic nitrogens is 2. The molecular weight excluding hydrogens is 318 g/mol. The van der Waals surface area contributed by atoms with E-state index in [0.29, 0.717) is 13.0 Å². The highest BCUT2D eigenvalue weighted by Crippen LogP contribution is 2.27. The molecule has 124 valence electrons. The van der Waals surface area contributed by atoms with Crippen LogP contribution in [-0.4, -0.2) is 22.1 Å². The molecule has 0 saturated carbocycles. The van der Waals surface area contributed by atoms with Crippen molar-refractivity contribution in [1.29, 1.82) is 0 Å². The molecule has 0 aliphatic carbocycles. The Kier molecular flexibility index (Phi) is 5.23. The lowest BCUT2D eigenvalue weighted by atomic mass is 9.94. The molecule has 0 aliphatic rings. The van der Waals surface area contributed by atoms with E-state index >= 15 is 0 Å². The van der Waals surface area contributed by atoms with Gasteiger partial charge in [-0.1, -0.05) is 30.3 Å². The predicted octanol–water partition coefficient (Wildman–Crippen LogP) is 3.54. The molecule has 2 heterocycles. The van der Waals surface area contributed by atoms with Gasteiger partial charge in [-0.05, 0) is 36.6 Å². The molecule has 0 radical (unpaired) electrons. The lowest BCUT2D eigenvalue weighted by molar-refractivity contribution is 0.0966. The summed E-state index contributed by atoms with van der Waals surface area (Å²) in [5.41, 5.74) is 9.17. The lowest BCUT2D eigenvalue weighted by Crippen LogP contribution is -2.20. The Labute approximate surface area is 145 Å². The van der Waals surface area contributed by atoms with Crippen molar-refractivity contribution in [3.8, 4) is 11.3 Å². The standard InChI is InChI=1S/C19H21N3OS/c1-22-17(7-8-21-22)16-11-19(24-13-16)18(23)10-15(12-20)9-14-5-3-2-4-6-14/h2-8,11,13,15H,9-10,12,20H2,1H3.